The Morgan fingerprint density at radius 1 is 0.458 bits per heavy atom. The van der Waals surface area contributed by atoms with E-state index < -0.39 is 23.1 Å². The number of ketones is 1. The number of Topliss-reactive ketones (excluding diaryl/α,β-unsaturated/α-hetero) is 1. The lowest BCUT2D eigenvalue weighted by Crippen LogP contribution is -2.35. The van der Waals surface area contributed by atoms with Crippen LogP contribution in [0.3, 0.4) is 0 Å². The number of carbonyl (C=O) groups is 3. The maximum atomic E-state index is 11.5. The van der Waals surface area contributed by atoms with Gasteiger partial charge >= 0.3 is 13.4 Å². The van der Waals surface area contributed by atoms with Crippen LogP contribution in [0.15, 0.2) is 0 Å². The highest BCUT2D eigenvalue weighted by atomic mass is 16.8. The maximum Gasteiger partial charge on any atom is 1.00 e. The fourth-order valence-corrected chi connectivity index (χ4v) is 7.54. The first kappa shape index (κ1) is 53.4. The molecule has 4 rings (SSSR count). The van der Waals surface area contributed by atoms with Crippen molar-refractivity contribution in [2.45, 2.75) is 239 Å². The molecule has 0 N–H and O–H groups in total. The van der Waals surface area contributed by atoms with Gasteiger partial charge in [-0.3, -0.25) is 9.59 Å². The lowest BCUT2D eigenvalue weighted by Gasteiger charge is -2.26. The van der Waals surface area contributed by atoms with Crippen molar-refractivity contribution in [2.24, 2.45) is 0 Å². The lowest BCUT2D eigenvalue weighted by atomic mass is 10.1. The molecule has 0 radical (unpaired) electrons. The molecule has 4 saturated heterocycles. The van der Waals surface area contributed by atoms with Gasteiger partial charge < -0.3 is 52.2 Å². The average molecular weight is 846 g/mol. The van der Waals surface area contributed by atoms with Crippen molar-refractivity contribution in [2.75, 3.05) is 39.6 Å². The second kappa shape index (κ2) is 28.1. The van der Waals surface area contributed by atoms with Gasteiger partial charge in [-0.15, -0.1) is 0 Å². The Labute approximate surface area is 358 Å². The number of ether oxygens (including phenoxy) is 10. The van der Waals surface area contributed by atoms with Gasteiger partial charge in [0.25, 0.3) is 0 Å². The van der Waals surface area contributed by atoms with E-state index in [1.165, 1.54) is 64.7 Å². The van der Waals surface area contributed by atoms with Crippen LogP contribution >= 0.6 is 0 Å². The van der Waals surface area contributed by atoms with Crippen LogP contribution in [0.25, 0.3) is 0 Å². The first-order valence-electron chi connectivity index (χ1n) is 23.1. The van der Waals surface area contributed by atoms with Crippen LogP contribution in [0.1, 0.15) is 193 Å². The van der Waals surface area contributed by atoms with E-state index in [0.29, 0.717) is 52.5 Å². The third-order valence-electron chi connectivity index (χ3n) is 11.2. The minimum Gasteiger partial charge on any atom is -0.466 e. The number of rotatable bonds is 25. The quantitative estimate of drug-likeness (QED) is 0.0636. The number of carbonyl (C=O) groups excluding carboxylic acids is 3. The van der Waals surface area contributed by atoms with Crippen molar-refractivity contribution >= 4 is 17.7 Å². The Bertz CT molecular complexity index is 1160. The highest BCUT2D eigenvalue weighted by Gasteiger charge is 2.48. The van der Waals surface area contributed by atoms with Gasteiger partial charge in [-0.1, -0.05) is 78.6 Å². The van der Waals surface area contributed by atoms with Gasteiger partial charge in [-0.05, 0) is 67.7 Å². The van der Waals surface area contributed by atoms with Crippen LogP contribution < -0.4 is 0 Å². The molecule has 0 aliphatic carbocycles. The zero-order valence-corrected chi connectivity index (χ0v) is 38.8. The summed E-state index contributed by atoms with van der Waals surface area (Å²) in [5, 5.41) is 0. The van der Waals surface area contributed by atoms with Crippen LogP contribution in [0, 0.1) is 0 Å². The van der Waals surface area contributed by atoms with E-state index in [-0.39, 0.29) is 56.4 Å². The van der Waals surface area contributed by atoms with E-state index >= 15 is 0 Å². The molecule has 4 heterocycles. The zero-order valence-electron chi connectivity index (χ0n) is 39.8. The summed E-state index contributed by atoms with van der Waals surface area (Å²) in [4.78, 5) is 32.5. The minimum absolute atomic E-state index is 0. The van der Waals surface area contributed by atoms with Crippen molar-refractivity contribution in [3.05, 3.63) is 0 Å². The molecule has 8 unspecified atom stereocenters. The Morgan fingerprint density at radius 2 is 0.763 bits per heavy atom. The molecule has 59 heavy (non-hydrogen) atoms. The smallest absolute Gasteiger partial charge is 0.466 e. The van der Waals surface area contributed by atoms with Gasteiger partial charge in [0.05, 0.1) is 52.5 Å². The predicted octanol–water partition coefficient (Wildman–Crippen LogP) is 9.78. The van der Waals surface area contributed by atoms with Crippen molar-refractivity contribution in [3.8, 4) is 0 Å². The third-order valence-corrected chi connectivity index (χ3v) is 11.2. The van der Waals surface area contributed by atoms with Crippen LogP contribution in [-0.4, -0.2) is 105 Å². The lowest BCUT2D eigenvalue weighted by molar-refractivity contribution is -0.193. The molecule has 13 heteroatoms. The fraction of sp³-hybridized carbons (Fsp3) is 0.935. The molecule has 0 aromatic rings. The van der Waals surface area contributed by atoms with Crippen LogP contribution in [-0.2, 0) is 61.8 Å². The number of hydrogen-bond donors (Lipinski definition) is 0. The van der Waals surface area contributed by atoms with Crippen LogP contribution in [0.4, 0.5) is 0 Å². The van der Waals surface area contributed by atoms with E-state index in [9.17, 15) is 14.4 Å². The summed E-state index contributed by atoms with van der Waals surface area (Å²) in [5.74, 6) is -2.67. The Morgan fingerprint density at radius 3 is 1.05 bits per heavy atom. The molecule has 4 aliphatic heterocycles. The Kier molecular flexibility index (Phi) is 25.4. The molecule has 0 spiro atoms. The van der Waals surface area contributed by atoms with Crippen LogP contribution in [0.2, 0.25) is 0 Å². The fourth-order valence-electron chi connectivity index (χ4n) is 7.54. The normalized spacial score (nSPS) is 31.3. The highest BCUT2D eigenvalue weighted by Crippen LogP contribution is 2.38. The van der Waals surface area contributed by atoms with Crippen molar-refractivity contribution < 1.29 is 63.2 Å². The zero-order chi connectivity index (χ0) is 43.8. The van der Waals surface area contributed by atoms with Gasteiger partial charge in [-0.25, -0.2) is 0 Å². The second-order valence-electron chi connectivity index (χ2n) is 17.1. The Hall–Kier alpha value is -1.71. The number of esters is 2. The molecule has 4 aliphatic rings. The largest absolute Gasteiger partial charge is 1.00 e. The molecule has 0 saturated carbocycles. The monoisotopic (exact) mass is 846 g/mol. The molecule has 346 valence electrons. The standard InChI is InChI=1S/C20H38O4.C19H34O6.C7H12O3/c1-5-7-9-11-13-19(3)21-15-17(23-19)18-16-22-20(4,24-18)14-12-10-8-6-2;1-5-7-8-9-11-18(3)22-13-15(24-18)16-14-23-19(4,25-16)12-10-17(20)21-6-2;1-3-10-7(9)5-4-6(2)8/h17-18H,5-16H2,1-4H3;15-16H,5-14H2,1-4H3;3-5H2,1-2H3/p+1. The van der Waals surface area contributed by atoms with Gasteiger partial charge in [-0.2, -0.15) is 0 Å². The molecule has 0 bridgehead atoms. The van der Waals surface area contributed by atoms with E-state index in [1.54, 1.807) is 13.8 Å². The molecule has 0 amide bonds. The minimum atomic E-state index is -0.763. The van der Waals surface area contributed by atoms with Gasteiger partial charge in [0.1, 0.15) is 30.2 Å². The van der Waals surface area contributed by atoms with E-state index in [2.05, 4.69) is 39.4 Å². The number of unbranched alkanes of at least 4 members (excludes halogenated alkanes) is 9. The van der Waals surface area contributed by atoms with Crippen molar-refractivity contribution in [1.82, 2.24) is 0 Å². The molecule has 0 aromatic carbocycles. The van der Waals surface area contributed by atoms with Gasteiger partial charge in [0.15, 0.2) is 23.1 Å². The molecule has 13 nitrogen and oxygen atoms in total. The molecule has 4 fully saturated rings. The summed E-state index contributed by atoms with van der Waals surface area (Å²) < 4.78 is 57.9. The summed E-state index contributed by atoms with van der Waals surface area (Å²) in [6.45, 7) is 22.7. The third kappa shape index (κ3) is 21.3. The first-order chi connectivity index (χ1) is 28.1. The molecule has 0 aromatic heterocycles. The molecular weight excluding hydrogens is 760 g/mol. The van der Waals surface area contributed by atoms with Crippen LogP contribution in [0.5, 0.6) is 0 Å². The highest BCUT2D eigenvalue weighted by molar-refractivity contribution is 5.80. The molecule has 8 atom stereocenters. The summed E-state index contributed by atoms with van der Waals surface area (Å²) in [6, 6.07) is 0. The topological polar surface area (TPSA) is 144 Å². The average Bonchev–Trinajstić information content (AvgIpc) is 3.99. The maximum absolute atomic E-state index is 11.5. The molecular formula is C46H85O13+. The Balaban J connectivity index is 0.000000485. The summed E-state index contributed by atoms with van der Waals surface area (Å²) >= 11 is 0. The summed E-state index contributed by atoms with van der Waals surface area (Å²) in [6.07, 6.45) is 18.5. The summed E-state index contributed by atoms with van der Waals surface area (Å²) in [7, 11) is 0. The summed E-state index contributed by atoms with van der Waals surface area (Å²) in [5.41, 5.74) is 0. The second-order valence-corrected chi connectivity index (χ2v) is 17.1. The van der Waals surface area contributed by atoms with E-state index in [0.717, 1.165) is 38.5 Å². The van der Waals surface area contributed by atoms with Gasteiger partial charge in [0.2, 0.25) is 0 Å². The van der Waals surface area contributed by atoms with Crippen molar-refractivity contribution in [3.63, 3.8) is 0 Å². The predicted molar refractivity (Wildman–Crippen MR) is 227 cm³/mol. The van der Waals surface area contributed by atoms with Crippen molar-refractivity contribution in [1.29, 1.82) is 0 Å². The first-order valence-corrected chi connectivity index (χ1v) is 23.1. The SMILES string of the molecule is CCCCCCC1(C)OCC(C2COC(C)(CCC(=O)OCC)O2)O1.CCCCCCC1(C)OCC(C2COC(C)(CCCCCC)O2)O1.CCOC(=O)CCC(C)=O.[H+]. The number of hydrogen-bond acceptors (Lipinski definition) is 13. The van der Waals surface area contributed by atoms with E-state index in [4.69, 9.17) is 42.6 Å². The van der Waals surface area contributed by atoms with Gasteiger partial charge in [0, 0.05) is 32.1 Å². The van der Waals surface area contributed by atoms with E-state index in [1.807, 2.05) is 13.8 Å².